The van der Waals surface area contributed by atoms with Crippen LogP contribution in [0.2, 0.25) is 0 Å². The van der Waals surface area contributed by atoms with Gasteiger partial charge in [-0.25, -0.2) is 0 Å². The summed E-state index contributed by atoms with van der Waals surface area (Å²) in [7, 11) is 0. The molecule has 1 aliphatic rings. The molecular weight excluding hydrogens is 438 g/mol. The second-order valence-corrected chi connectivity index (χ2v) is 9.15. The van der Waals surface area contributed by atoms with E-state index in [4.69, 9.17) is 17.0 Å². The number of anilines is 1. The highest BCUT2D eigenvalue weighted by Gasteiger charge is 2.33. The Morgan fingerprint density at radius 1 is 1.06 bits per heavy atom. The summed E-state index contributed by atoms with van der Waals surface area (Å²) in [6, 6.07) is 22.8. The number of carbonyl (C=O) groups is 2. The predicted octanol–water partition coefficient (Wildman–Crippen LogP) is 6.18. The van der Waals surface area contributed by atoms with E-state index in [9.17, 15) is 9.59 Å². The van der Waals surface area contributed by atoms with Crippen LogP contribution in [0.3, 0.4) is 0 Å². The number of benzene rings is 3. The first-order valence-electron chi connectivity index (χ1n) is 10.1. The van der Waals surface area contributed by atoms with E-state index in [1.54, 1.807) is 24.3 Å². The quantitative estimate of drug-likeness (QED) is 0.250. The lowest BCUT2D eigenvalue weighted by Crippen LogP contribution is -2.27. The van der Waals surface area contributed by atoms with E-state index in [0.717, 1.165) is 16.9 Å². The van der Waals surface area contributed by atoms with Gasteiger partial charge >= 0.3 is 0 Å². The number of hydrogen-bond acceptors (Lipinski definition) is 5. The van der Waals surface area contributed by atoms with Gasteiger partial charge < -0.3 is 4.74 Å². The van der Waals surface area contributed by atoms with Crippen LogP contribution >= 0.6 is 24.0 Å². The monoisotopic (exact) mass is 459 g/mol. The zero-order valence-corrected chi connectivity index (χ0v) is 19.3. The molecule has 0 atom stereocenters. The average Bonchev–Trinajstić information content (AvgIpc) is 3.06. The van der Waals surface area contributed by atoms with Crippen LogP contribution in [0.15, 0.2) is 77.7 Å². The first-order valence-corrected chi connectivity index (χ1v) is 11.3. The molecule has 32 heavy (non-hydrogen) atoms. The Hall–Kier alpha value is -3.22. The van der Waals surface area contributed by atoms with Gasteiger partial charge in [-0.1, -0.05) is 78.1 Å². The molecular formula is C26H21NO3S2. The molecule has 3 aromatic rings. The van der Waals surface area contributed by atoms with Gasteiger partial charge in [-0.05, 0) is 55.3 Å². The predicted molar refractivity (Wildman–Crippen MR) is 134 cm³/mol. The second-order valence-electron chi connectivity index (χ2n) is 7.47. The molecule has 0 spiro atoms. The lowest BCUT2D eigenvalue weighted by molar-refractivity contribution is -0.113. The van der Waals surface area contributed by atoms with E-state index >= 15 is 0 Å². The van der Waals surface area contributed by atoms with Gasteiger partial charge in [-0.3, -0.25) is 14.5 Å². The fourth-order valence-electron chi connectivity index (χ4n) is 3.25. The van der Waals surface area contributed by atoms with Crippen molar-refractivity contribution in [1.29, 1.82) is 0 Å². The molecule has 4 nitrogen and oxygen atoms in total. The number of hydrogen-bond donors (Lipinski definition) is 0. The first-order chi connectivity index (χ1) is 15.4. The van der Waals surface area contributed by atoms with E-state index in [0.29, 0.717) is 27.1 Å². The Morgan fingerprint density at radius 3 is 2.56 bits per heavy atom. The molecule has 0 N–H and O–H groups in total. The number of Topliss-reactive ketones (excluding diaryl/α,β-unsaturated/α-hetero) is 1. The Labute approximate surface area is 196 Å². The van der Waals surface area contributed by atoms with Gasteiger partial charge in [-0.2, -0.15) is 0 Å². The lowest BCUT2D eigenvalue weighted by atomic mass is 10.1. The highest BCUT2D eigenvalue weighted by molar-refractivity contribution is 8.27. The number of thioether (sulfide) groups is 1. The minimum absolute atomic E-state index is 0.0599. The van der Waals surface area contributed by atoms with E-state index in [1.807, 2.05) is 42.5 Å². The molecule has 1 amide bonds. The topological polar surface area (TPSA) is 46.6 Å². The van der Waals surface area contributed by atoms with Gasteiger partial charge in [0.2, 0.25) is 0 Å². The van der Waals surface area contributed by atoms with Crippen molar-refractivity contribution in [2.75, 3.05) is 4.90 Å². The van der Waals surface area contributed by atoms with Gasteiger partial charge in [0.15, 0.2) is 10.1 Å². The molecule has 0 aromatic heterocycles. The fraction of sp³-hybridized carbons (Fsp3) is 0.115. The van der Waals surface area contributed by atoms with Crippen molar-refractivity contribution in [3.63, 3.8) is 0 Å². The Bertz CT molecular complexity index is 1230. The average molecular weight is 460 g/mol. The highest BCUT2D eigenvalue weighted by Crippen LogP contribution is 2.36. The minimum Gasteiger partial charge on any atom is -0.489 e. The zero-order valence-electron chi connectivity index (χ0n) is 17.7. The number of ether oxygens (including phenoxy) is 1. The van der Waals surface area contributed by atoms with E-state index in [2.05, 4.69) is 19.1 Å². The van der Waals surface area contributed by atoms with Crippen molar-refractivity contribution in [2.45, 2.75) is 20.5 Å². The van der Waals surface area contributed by atoms with Crippen LogP contribution in [0.5, 0.6) is 5.75 Å². The van der Waals surface area contributed by atoms with Crippen molar-refractivity contribution >= 4 is 51.8 Å². The Morgan fingerprint density at radius 2 is 1.81 bits per heavy atom. The number of nitrogens with zero attached hydrogens (tertiary/aromatic N) is 1. The van der Waals surface area contributed by atoms with Crippen molar-refractivity contribution < 1.29 is 14.3 Å². The summed E-state index contributed by atoms with van der Waals surface area (Å²) in [5.41, 5.74) is 4.29. The first kappa shape index (κ1) is 22.0. The lowest BCUT2D eigenvalue weighted by Gasteiger charge is -2.15. The molecule has 0 bridgehead atoms. The van der Waals surface area contributed by atoms with Gasteiger partial charge in [0.05, 0.1) is 10.6 Å². The standard InChI is InChI=1S/C26H21NO3S2/c1-17-9-11-19(12-10-17)16-30-23-8-3-5-20(13-23)14-24-25(29)27(26(31)32-24)22-7-4-6-21(15-22)18(2)28/h3-15H,16H2,1-2H3. The molecule has 3 aromatic carbocycles. The van der Waals surface area contributed by atoms with Crippen LogP contribution in [0.4, 0.5) is 5.69 Å². The third kappa shape index (κ3) is 4.98. The number of ketones is 1. The highest BCUT2D eigenvalue weighted by atomic mass is 32.2. The smallest absolute Gasteiger partial charge is 0.270 e. The summed E-state index contributed by atoms with van der Waals surface area (Å²) in [5.74, 6) is 0.464. The molecule has 1 saturated heterocycles. The normalized spacial score (nSPS) is 14.8. The van der Waals surface area contributed by atoms with Crippen LogP contribution in [0.25, 0.3) is 6.08 Å². The Kier molecular flexibility index (Phi) is 6.53. The van der Waals surface area contributed by atoms with Crippen molar-refractivity contribution in [3.8, 4) is 5.75 Å². The van der Waals surface area contributed by atoms with E-state index in [-0.39, 0.29) is 11.7 Å². The fourth-order valence-corrected chi connectivity index (χ4v) is 4.55. The SMILES string of the molecule is CC(=O)c1cccc(N2C(=O)C(=Cc3cccc(OCc4ccc(C)cc4)c3)SC2=S)c1. The Balaban J connectivity index is 1.51. The molecule has 0 radical (unpaired) electrons. The minimum atomic E-state index is -0.202. The summed E-state index contributed by atoms with van der Waals surface area (Å²) in [6.45, 7) is 4.02. The van der Waals surface area contributed by atoms with Gasteiger partial charge in [-0.15, -0.1) is 0 Å². The third-order valence-corrected chi connectivity index (χ3v) is 6.29. The summed E-state index contributed by atoms with van der Waals surface area (Å²) in [6.07, 6.45) is 1.81. The van der Waals surface area contributed by atoms with Gasteiger partial charge in [0.1, 0.15) is 12.4 Å². The van der Waals surface area contributed by atoms with Crippen LogP contribution in [-0.2, 0) is 11.4 Å². The summed E-state index contributed by atoms with van der Waals surface area (Å²) < 4.78 is 6.36. The molecule has 6 heteroatoms. The summed E-state index contributed by atoms with van der Waals surface area (Å²) >= 11 is 6.70. The molecule has 1 fully saturated rings. The van der Waals surface area contributed by atoms with E-state index in [1.165, 1.54) is 29.1 Å². The molecule has 4 rings (SSSR count). The molecule has 1 heterocycles. The zero-order chi connectivity index (χ0) is 22.7. The molecule has 0 saturated carbocycles. The number of thiocarbonyl (C=S) groups is 1. The maximum Gasteiger partial charge on any atom is 0.270 e. The molecule has 0 aliphatic carbocycles. The van der Waals surface area contributed by atoms with E-state index < -0.39 is 0 Å². The summed E-state index contributed by atoms with van der Waals surface area (Å²) in [5, 5.41) is 0. The largest absolute Gasteiger partial charge is 0.489 e. The number of carbonyl (C=O) groups excluding carboxylic acids is 2. The number of rotatable bonds is 6. The van der Waals surface area contributed by atoms with Crippen LogP contribution in [0.1, 0.15) is 34.0 Å². The maximum atomic E-state index is 13.1. The third-order valence-electron chi connectivity index (χ3n) is 4.99. The van der Waals surface area contributed by atoms with Crippen molar-refractivity contribution in [3.05, 3.63) is 100.0 Å². The van der Waals surface area contributed by atoms with Gasteiger partial charge in [0, 0.05) is 5.56 Å². The van der Waals surface area contributed by atoms with Gasteiger partial charge in [0.25, 0.3) is 5.91 Å². The maximum absolute atomic E-state index is 13.1. The molecule has 1 aliphatic heterocycles. The second kappa shape index (κ2) is 9.51. The van der Waals surface area contributed by atoms with Crippen LogP contribution in [0, 0.1) is 6.92 Å². The molecule has 160 valence electrons. The van der Waals surface area contributed by atoms with Crippen LogP contribution < -0.4 is 9.64 Å². The summed E-state index contributed by atoms with van der Waals surface area (Å²) in [4.78, 5) is 26.8. The van der Waals surface area contributed by atoms with Crippen molar-refractivity contribution in [2.24, 2.45) is 0 Å². The van der Waals surface area contributed by atoms with Crippen molar-refractivity contribution in [1.82, 2.24) is 0 Å². The number of aryl methyl sites for hydroxylation is 1. The number of amides is 1. The van der Waals surface area contributed by atoms with Crippen LogP contribution in [-0.4, -0.2) is 16.0 Å². The molecule has 0 unspecified atom stereocenters.